The molecule has 0 unspecified atom stereocenters. The van der Waals surface area contributed by atoms with Crippen LogP contribution in [-0.4, -0.2) is 20.8 Å². The molecule has 0 spiro atoms. The first-order valence-electron chi connectivity index (χ1n) is 7.09. The van der Waals surface area contributed by atoms with Crippen LogP contribution in [0, 0.1) is 0 Å². The van der Waals surface area contributed by atoms with Gasteiger partial charge in [0.1, 0.15) is 11.9 Å². The average Bonchev–Trinajstić information content (AvgIpc) is 3.17. The Morgan fingerprint density at radius 1 is 1.41 bits per heavy atom. The largest absolute Gasteiger partial charge is 0.444 e. The Balaban J connectivity index is 1.45. The van der Waals surface area contributed by atoms with Gasteiger partial charge in [0.2, 0.25) is 11.8 Å². The number of hydrogen-bond acceptors (Lipinski definition) is 6. The predicted molar refractivity (Wildman–Crippen MR) is 78.4 cm³/mol. The van der Waals surface area contributed by atoms with Crippen LogP contribution in [0.5, 0.6) is 0 Å². The summed E-state index contributed by atoms with van der Waals surface area (Å²) in [5.74, 6) is 1.71. The van der Waals surface area contributed by atoms with Crippen LogP contribution in [0.3, 0.4) is 0 Å². The van der Waals surface area contributed by atoms with Crippen molar-refractivity contribution >= 4 is 11.3 Å². The quantitative estimate of drug-likeness (QED) is 0.727. The van der Waals surface area contributed by atoms with Gasteiger partial charge in [-0.25, -0.2) is 9.37 Å². The van der Waals surface area contributed by atoms with E-state index in [2.05, 4.69) is 15.1 Å². The van der Waals surface area contributed by atoms with Gasteiger partial charge in [0, 0.05) is 5.92 Å². The maximum absolute atomic E-state index is 13.5. The van der Waals surface area contributed by atoms with Crippen LogP contribution in [0.4, 0.5) is 4.39 Å². The molecule has 1 aliphatic rings. The molecule has 4 rings (SSSR count). The third-order valence-electron chi connectivity index (χ3n) is 3.80. The van der Waals surface area contributed by atoms with Gasteiger partial charge in [-0.15, -0.1) is 11.3 Å². The number of aromatic nitrogens is 3. The third kappa shape index (κ3) is 2.56. The molecule has 3 aromatic heterocycles. The number of alkyl halides is 1. The van der Waals surface area contributed by atoms with Crippen LogP contribution in [-0.2, 0) is 6.42 Å². The van der Waals surface area contributed by atoms with Gasteiger partial charge in [0.15, 0.2) is 5.82 Å². The summed E-state index contributed by atoms with van der Waals surface area (Å²) in [5, 5.41) is 5.92. The number of nitrogens with zero attached hydrogens (tertiary/aromatic N) is 3. The summed E-state index contributed by atoms with van der Waals surface area (Å²) < 4.78 is 24.2. The molecule has 22 heavy (non-hydrogen) atoms. The predicted octanol–water partition coefficient (Wildman–Crippen LogP) is 3.98. The second kappa shape index (κ2) is 5.01. The van der Waals surface area contributed by atoms with E-state index in [0.29, 0.717) is 36.9 Å². The summed E-state index contributed by atoms with van der Waals surface area (Å²) in [6.45, 7) is 1.60. The highest BCUT2D eigenvalue weighted by Crippen LogP contribution is 2.46. The molecule has 7 heteroatoms. The SMILES string of the molecule is CC1(F)CC(c2nc(Cc3coc(-c4cccs4)n3)no2)C1. The first-order chi connectivity index (χ1) is 10.6. The van der Waals surface area contributed by atoms with Gasteiger partial charge < -0.3 is 8.94 Å². The van der Waals surface area contributed by atoms with E-state index < -0.39 is 5.67 Å². The standard InChI is InChI=1S/C15H14FN3O2S/c1-15(16)6-9(7-15)13-18-12(19-21-13)5-10-8-20-14(17-10)11-3-2-4-22-11/h2-4,8-9H,5-7H2,1H3. The molecule has 5 nitrogen and oxygen atoms in total. The summed E-state index contributed by atoms with van der Waals surface area (Å²) in [6, 6.07) is 3.91. The smallest absolute Gasteiger partial charge is 0.236 e. The summed E-state index contributed by atoms with van der Waals surface area (Å²) in [5.41, 5.74) is -0.346. The zero-order chi connectivity index (χ0) is 15.2. The molecule has 0 amide bonds. The zero-order valence-electron chi connectivity index (χ0n) is 12.0. The van der Waals surface area contributed by atoms with Gasteiger partial charge in [-0.2, -0.15) is 4.98 Å². The highest BCUT2D eigenvalue weighted by atomic mass is 32.1. The van der Waals surface area contributed by atoms with E-state index in [1.54, 1.807) is 24.5 Å². The monoisotopic (exact) mass is 319 g/mol. The highest BCUT2D eigenvalue weighted by Gasteiger charge is 2.44. The second-order valence-electron chi connectivity index (χ2n) is 5.87. The highest BCUT2D eigenvalue weighted by molar-refractivity contribution is 7.13. The Hall–Kier alpha value is -2.02. The minimum absolute atomic E-state index is 0.0373. The van der Waals surface area contributed by atoms with Crippen molar-refractivity contribution in [2.24, 2.45) is 0 Å². The second-order valence-corrected chi connectivity index (χ2v) is 6.81. The van der Waals surface area contributed by atoms with Crippen molar-refractivity contribution < 1.29 is 13.3 Å². The van der Waals surface area contributed by atoms with Crippen molar-refractivity contribution in [3.05, 3.63) is 41.2 Å². The van der Waals surface area contributed by atoms with Gasteiger partial charge in [0.05, 0.1) is 17.0 Å². The molecular weight excluding hydrogens is 305 g/mol. The van der Waals surface area contributed by atoms with E-state index in [9.17, 15) is 4.39 Å². The zero-order valence-corrected chi connectivity index (χ0v) is 12.8. The van der Waals surface area contributed by atoms with Crippen LogP contribution in [0.25, 0.3) is 10.8 Å². The van der Waals surface area contributed by atoms with Crippen LogP contribution in [0.2, 0.25) is 0 Å². The number of hydrogen-bond donors (Lipinski definition) is 0. The molecule has 0 aliphatic heterocycles. The van der Waals surface area contributed by atoms with E-state index in [1.165, 1.54) is 0 Å². The molecule has 0 bridgehead atoms. The number of oxazole rings is 1. The third-order valence-corrected chi connectivity index (χ3v) is 4.66. The van der Waals surface area contributed by atoms with Crippen LogP contribution in [0.15, 0.2) is 32.7 Å². The van der Waals surface area contributed by atoms with E-state index in [-0.39, 0.29) is 5.92 Å². The van der Waals surface area contributed by atoms with Gasteiger partial charge in [-0.3, -0.25) is 0 Å². The lowest BCUT2D eigenvalue weighted by Crippen LogP contribution is -2.35. The molecule has 0 N–H and O–H groups in total. The summed E-state index contributed by atoms with van der Waals surface area (Å²) in [6.07, 6.45) is 2.94. The van der Waals surface area contributed by atoms with Crippen molar-refractivity contribution in [3.8, 4) is 10.8 Å². The maximum atomic E-state index is 13.5. The van der Waals surface area contributed by atoms with E-state index >= 15 is 0 Å². The Morgan fingerprint density at radius 2 is 2.27 bits per heavy atom. The lowest BCUT2D eigenvalue weighted by Gasteiger charge is -2.36. The lowest BCUT2D eigenvalue weighted by molar-refractivity contribution is 0.0481. The lowest BCUT2D eigenvalue weighted by atomic mass is 9.73. The molecule has 1 saturated carbocycles. The number of thiophene rings is 1. The topological polar surface area (TPSA) is 65.0 Å². The molecule has 0 aromatic carbocycles. The van der Waals surface area contributed by atoms with Gasteiger partial charge in [0.25, 0.3) is 0 Å². The normalized spacial score (nSPS) is 24.4. The van der Waals surface area contributed by atoms with Crippen molar-refractivity contribution in [3.63, 3.8) is 0 Å². The van der Waals surface area contributed by atoms with Gasteiger partial charge in [-0.05, 0) is 31.2 Å². The van der Waals surface area contributed by atoms with E-state index in [0.717, 1.165) is 10.6 Å². The van der Waals surface area contributed by atoms with E-state index in [1.807, 2.05) is 17.5 Å². The molecule has 1 aliphatic carbocycles. The molecule has 0 saturated heterocycles. The summed E-state index contributed by atoms with van der Waals surface area (Å²) in [7, 11) is 0. The molecule has 1 fully saturated rings. The molecule has 0 radical (unpaired) electrons. The Morgan fingerprint density at radius 3 is 3.00 bits per heavy atom. The molecule has 3 aromatic rings. The van der Waals surface area contributed by atoms with Crippen molar-refractivity contribution in [1.82, 2.24) is 15.1 Å². The van der Waals surface area contributed by atoms with Crippen molar-refractivity contribution in [1.29, 1.82) is 0 Å². The van der Waals surface area contributed by atoms with Gasteiger partial charge in [-0.1, -0.05) is 11.2 Å². The van der Waals surface area contributed by atoms with E-state index in [4.69, 9.17) is 8.94 Å². The van der Waals surface area contributed by atoms with Crippen molar-refractivity contribution in [2.75, 3.05) is 0 Å². The number of rotatable bonds is 4. The number of halogens is 1. The average molecular weight is 319 g/mol. The minimum atomic E-state index is -1.10. The van der Waals surface area contributed by atoms with Gasteiger partial charge >= 0.3 is 0 Å². The summed E-state index contributed by atoms with van der Waals surface area (Å²) in [4.78, 5) is 9.75. The van der Waals surface area contributed by atoms with Crippen molar-refractivity contribution in [2.45, 2.75) is 37.8 Å². The Kier molecular flexibility index (Phi) is 3.11. The first kappa shape index (κ1) is 13.6. The fourth-order valence-corrected chi connectivity index (χ4v) is 3.37. The Labute approximate surface area is 130 Å². The molecular formula is C15H14FN3O2S. The fraction of sp³-hybridized carbons (Fsp3) is 0.400. The fourth-order valence-electron chi connectivity index (χ4n) is 2.71. The van der Waals surface area contributed by atoms with Crippen LogP contribution < -0.4 is 0 Å². The molecule has 3 heterocycles. The molecule has 114 valence electrons. The maximum Gasteiger partial charge on any atom is 0.236 e. The van der Waals surface area contributed by atoms with Crippen LogP contribution >= 0.6 is 11.3 Å². The van der Waals surface area contributed by atoms with Crippen LogP contribution in [0.1, 0.15) is 43.1 Å². The summed E-state index contributed by atoms with van der Waals surface area (Å²) >= 11 is 1.57. The molecule has 0 atom stereocenters. The minimum Gasteiger partial charge on any atom is -0.444 e. The Bertz CT molecular complexity index is 770. The first-order valence-corrected chi connectivity index (χ1v) is 7.97.